The lowest BCUT2D eigenvalue weighted by molar-refractivity contribution is -0.113. The Morgan fingerprint density at radius 3 is 2.80 bits per heavy atom. The van der Waals surface area contributed by atoms with E-state index in [0.29, 0.717) is 11.4 Å². The highest BCUT2D eigenvalue weighted by Gasteiger charge is 2.22. The van der Waals surface area contributed by atoms with Gasteiger partial charge < -0.3 is 5.32 Å². The molecule has 0 radical (unpaired) electrons. The number of nitrogens with one attached hydrogen (secondary N) is 1. The van der Waals surface area contributed by atoms with E-state index in [2.05, 4.69) is 5.32 Å². The first-order valence-corrected chi connectivity index (χ1v) is 7.12. The average Bonchev–Trinajstić information content (AvgIpc) is 2.15. The van der Waals surface area contributed by atoms with E-state index in [1.807, 2.05) is 0 Å². The summed E-state index contributed by atoms with van der Waals surface area (Å²) in [5.41, 5.74) is 0.418. The first kappa shape index (κ1) is 10.5. The lowest BCUT2D eigenvalue weighted by Gasteiger charge is -2.18. The van der Waals surface area contributed by atoms with E-state index in [1.165, 1.54) is 17.8 Å². The number of carbonyl (C=O) groups is 1. The zero-order valence-electron chi connectivity index (χ0n) is 7.98. The van der Waals surface area contributed by atoms with Gasteiger partial charge in [-0.3, -0.25) is 4.79 Å². The number of hydrogen-bond acceptors (Lipinski definition) is 4. The average molecular weight is 243 g/mol. The maximum Gasteiger partial charge on any atom is 0.234 e. The zero-order valence-corrected chi connectivity index (χ0v) is 9.61. The standard InChI is InChI=1S/C9H9NO3S2/c1-15(12,13)7-4-2-3-6-9(7)10-8(11)5-14-6/h2-4H,5H2,1H3,(H,10,11). The van der Waals surface area contributed by atoms with Crippen molar-refractivity contribution in [3.63, 3.8) is 0 Å². The van der Waals surface area contributed by atoms with Gasteiger partial charge >= 0.3 is 0 Å². The van der Waals surface area contributed by atoms with Crippen LogP contribution < -0.4 is 5.32 Å². The molecule has 0 fully saturated rings. The van der Waals surface area contributed by atoms with Crippen LogP contribution in [0.15, 0.2) is 28.0 Å². The smallest absolute Gasteiger partial charge is 0.234 e. The van der Waals surface area contributed by atoms with E-state index in [4.69, 9.17) is 0 Å². The highest BCUT2D eigenvalue weighted by atomic mass is 32.2. The van der Waals surface area contributed by atoms with Crippen molar-refractivity contribution >= 4 is 33.2 Å². The van der Waals surface area contributed by atoms with Gasteiger partial charge in [-0.2, -0.15) is 0 Å². The highest BCUT2D eigenvalue weighted by molar-refractivity contribution is 8.00. The molecular weight excluding hydrogens is 234 g/mol. The van der Waals surface area contributed by atoms with Gasteiger partial charge in [-0.05, 0) is 12.1 Å². The summed E-state index contributed by atoms with van der Waals surface area (Å²) in [6.07, 6.45) is 1.13. The molecule has 1 heterocycles. The van der Waals surface area contributed by atoms with Crippen molar-refractivity contribution < 1.29 is 13.2 Å². The van der Waals surface area contributed by atoms with Gasteiger partial charge in [0.25, 0.3) is 0 Å². The van der Waals surface area contributed by atoms with Crippen molar-refractivity contribution in [1.82, 2.24) is 0 Å². The number of anilines is 1. The van der Waals surface area contributed by atoms with Gasteiger partial charge in [0.05, 0.1) is 16.3 Å². The quantitative estimate of drug-likeness (QED) is 0.803. The molecule has 1 aliphatic heterocycles. The number of amides is 1. The van der Waals surface area contributed by atoms with Crippen LogP contribution in [0.25, 0.3) is 0 Å². The van der Waals surface area contributed by atoms with Gasteiger partial charge in [-0.25, -0.2) is 8.42 Å². The van der Waals surface area contributed by atoms with Gasteiger partial charge in [0.15, 0.2) is 9.84 Å². The molecule has 0 unspecified atom stereocenters. The minimum absolute atomic E-state index is 0.163. The van der Waals surface area contributed by atoms with Crippen LogP contribution >= 0.6 is 11.8 Å². The molecule has 6 heteroatoms. The third-order valence-electron chi connectivity index (χ3n) is 2.01. The minimum atomic E-state index is -3.30. The minimum Gasteiger partial charge on any atom is -0.323 e. The van der Waals surface area contributed by atoms with Gasteiger partial charge in [0.2, 0.25) is 5.91 Å². The van der Waals surface area contributed by atoms with E-state index < -0.39 is 9.84 Å². The Morgan fingerprint density at radius 1 is 1.40 bits per heavy atom. The summed E-state index contributed by atoms with van der Waals surface area (Å²) in [7, 11) is -3.30. The number of rotatable bonds is 1. The maximum absolute atomic E-state index is 11.5. The number of benzene rings is 1. The predicted molar refractivity (Wildman–Crippen MR) is 58.9 cm³/mol. The number of carbonyl (C=O) groups excluding carboxylic acids is 1. The first-order valence-electron chi connectivity index (χ1n) is 4.24. The van der Waals surface area contributed by atoms with Crippen molar-refractivity contribution in [3.8, 4) is 0 Å². The monoisotopic (exact) mass is 243 g/mol. The molecule has 0 saturated carbocycles. The third-order valence-corrected chi connectivity index (χ3v) is 4.21. The molecule has 0 aromatic heterocycles. The highest BCUT2D eigenvalue weighted by Crippen LogP contribution is 2.35. The largest absolute Gasteiger partial charge is 0.323 e. The summed E-state index contributed by atoms with van der Waals surface area (Å²) in [6.45, 7) is 0. The molecule has 0 saturated heterocycles. The van der Waals surface area contributed by atoms with E-state index >= 15 is 0 Å². The molecule has 1 aromatic carbocycles. The van der Waals surface area contributed by atoms with Gasteiger partial charge in [-0.1, -0.05) is 6.07 Å². The number of fused-ring (bicyclic) bond motifs is 1. The summed E-state index contributed by atoms with van der Waals surface area (Å²) in [5.74, 6) is 0.170. The molecule has 0 aliphatic carbocycles. The normalized spacial score (nSPS) is 15.7. The fraction of sp³-hybridized carbons (Fsp3) is 0.222. The third kappa shape index (κ3) is 2.00. The van der Waals surface area contributed by atoms with Crippen molar-refractivity contribution in [1.29, 1.82) is 0 Å². The Morgan fingerprint density at radius 2 is 2.13 bits per heavy atom. The molecule has 15 heavy (non-hydrogen) atoms. The van der Waals surface area contributed by atoms with Crippen molar-refractivity contribution in [2.75, 3.05) is 17.3 Å². The van der Waals surface area contributed by atoms with Crippen LogP contribution in [-0.2, 0) is 14.6 Å². The number of hydrogen-bond donors (Lipinski definition) is 1. The molecular formula is C9H9NO3S2. The molecule has 0 bridgehead atoms. The molecule has 1 amide bonds. The molecule has 4 nitrogen and oxygen atoms in total. The first-order chi connectivity index (χ1) is 6.98. The van der Waals surface area contributed by atoms with Crippen LogP contribution in [0.2, 0.25) is 0 Å². The van der Waals surface area contributed by atoms with Crippen LogP contribution in [0.4, 0.5) is 5.69 Å². The Bertz CT molecular complexity index is 522. The Kier molecular flexibility index (Phi) is 2.47. The van der Waals surface area contributed by atoms with Crippen molar-refractivity contribution in [2.24, 2.45) is 0 Å². The zero-order chi connectivity index (χ0) is 11.1. The van der Waals surface area contributed by atoms with Crippen LogP contribution in [0, 0.1) is 0 Å². The summed E-state index contributed by atoms with van der Waals surface area (Å²) < 4.78 is 22.9. The maximum atomic E-state index is 11.5. The number of para-hydroxylation sites is 1. The Labute approximate surface area is 92.0 Å². The lowest BCUT2D eigenvalue weighted by atomic mass is 10.3. The molecule has 80 valence electrons. The molecule has 1 aromatic rings. The Hall–Kier alpha value is -1.01. The second kappa shape index (κ2) is 3.53. The topological polar surface area (TPSA) is 63.2 Å². The number of thioether (sulfide) groups is 1. The Balaban J connectivity index is 2.64. The summed E-state index contributed by atoms with van der Waals surface area (Å²) >= 11 is 1.35. The molecule has 0 atom stereocenters. The lowest BCUT2D eigenvalue weighted by Crippen LogP contribution is -2.20. The van der Waals surface area contributed by atoms with E-state index in [0.717, 1.165) is 11.2 Å². The fourth-order valence-corrected chi connectivity index (χ4v) is 3.14. The predicted octanol–water partition coefficient (Wildman–Crippen LogP) is 1.13. The number of sulfone groups is 1. The van der Waals surface area contributed by atoms with Crippen LogP contribution in [0.5, 0.6) is 0 Å². The van der Waals surface area contributed by atoms with Crippen LogP contribution in [0.1, 0.15) is 0 Å². The van der Waals surface area contributed by atoms with Gasteiger partial charge in [-0.15, -0.1) is 11.8 Å². The van der Waals surface area contributed by atoms with Crippen LogP contribution in [0.3, 0.4) is 0 Å². The van der Waals surface area contributed by atoms with Crippen molar-refractivity contribution in [3.05, 3.63) is 18.2 Å². The second-order valence-corrected chi connectivity index (χ2v) is 6.24. The van der Waals surface area contributed by atoms with Gasteiger partial charge in [0.1, 0.15) is 0 Å². The van der Waals surface area contributed by atoms with E-state index in [9.17, 15) is 13.2 Å². The van der Waals surface area contributed by atoms with Gasteiger partial charge in [0, 0.05) is 11.2 Å². The second-order valence-electron chi connectivity index (χ2n) is 3.24. The molecule has 2 rings (SSSR count). The van der Waals surface area contributed by atoms with Crippen LogP contribution in [-0.4, -0.2) is 26.3 Å². The van der Waals surface area contributed by atoms with Crippen molar-refractivity contribution in [2.45, 2.75) is 9.79 Å². The summed E-state index contributed by atoms with van der Waals surface area (Å²) in [4.78, 5) is 12.2. The SMILES string of the molecule is CS(=O)(=O)c1cccc2c1NC(=O)CS2. The van der Waals surface area contributed by atoms with E-state index in [-0.39, 0.29) is 10.8 Å². The summed E-state index contributed by atoms with van der Waals surface area (Å²) in [6, 6.07) is 4.98. The molecule has 1 aliphatic rings. The molecule has 1 N–H and O–H groups in total. The summed E-state index contributed by atoms with van der Waals surface area (Å²) in [5, 5.41) is 2.60. The van der Waals surface area contributed by atoms with E-state index in [1.54, 1.807) is 12.1 Å². The molecule has 0 spiro atoms. The fourth-order valence-electron chi connectivity index (χ4n) is 1.38.